The summed E-state index contributed by atoms with van der Waals surface area (Å²) in [5, 5.41) is 15.4. The first-order valence-electron chi connectivity index (χ1n) is 11.5. The lowest BCUT2D eigenvalue weighted by atomic mass is 10.1. The Kier molecular flexibility index (Phi) is 7.86. The predicted octanol–water partition coefficient (Wildman–Crippen LogP) is 3.86. The van der Waals surface area contributed by atoms with Crippen LogP contribution in [0.2, 0.25) is 0 Å². The van der Waals surface area contributed by atoms with E-state index in [0.717, 1.165) is 35.4 Å². The van der Waals surface area contributed by atoms with E-state index in [0.29, 0.717) is 30.8 Å². The van der Waals surface area contributed by atoms with Gasteiger partial charge in [0.15, 0.2) is 0 Å². The van der Waals surface area contributed by atoms with Gasteiger partial charge in [-0.15, -0.1) is 6.42 Å². The smallest absolute Gasteiger partial charge is 0.222 e. The third kappa shape index (κ3) is 5.97. The van der Waals surface area contributed by atoms with Crippen molar-refractivity contribution in [3.8, 4) is 41.0 Å². The molecule has 7 heteroatoms. The van der Waals surface area contributed by atoms with Gasteiger partial charge in [0.05, 0.1) is 25.4 Å². The van der Waals surface area contributed by atoms with E-state index in [1.54, 1.807) is 11.8 Å². The first kappa shape index (κ1) is 23.8. The van der Waals surface area contributed by atoms with Crippen molar-refractivity contribution in [3.05, 3.63) is 60.2 Å². The third-order valence-electron chi connectivity index (χ3n) is 5.77. The molecule has 1 fully saturated rings. The van der Waals surface area contributed by atoms with E-state index in [1.165, 1.54) is 0 Å². The van der Waals surface area contributed by atoms with Crippen molar-refractivity contribution in [2.24, 2.45) is 7.05 Å². The number of hydrogen-bond acceptors (Lipinski definition) is 6. The number of nitrogens with zero attached hydrogens (tertiary/aromatic N) is 3. The fraction of sp³-hybridized carbons (Fsp3) is 0.370. The normalized spacial score (nSPS) is 14.1. The molecular formula is C27H31N3O4. The Labute approximate surface area is 200 Å². The molecule has 1 aliphatic rings. The molecule has 1 N–H and O–H groups in total. The summed E-state index contributed by atoms with van der Waals surface area (Å²) < 4.78 is 18.7. The molecule has 1 heterocycles. The van der Waals surface area contributed by atoms with Crippen molar-refractivity contribution in [1.82, 2.24) is 14.7 Å². The highest BCUT2D eigenvalue weighted by Gasteiger charge is 2.33. The number of aliphatic hydroxyl groups excluding tert-OH is 1. The van der Waals surface area contributed by atoms with Gasteiger partial charge in [0, 0.05) is 31.7 Å². The van der Waals surface area contributed by atoms with Gasteiger partial charge in [-0.3, -0.25) is 4.90 Å². The Balaban J connectivity index is 1.63. The summed E-state index contributed by atoms with van der Waals surface area (Å²) in [4.78, 5) is 2.29. The molecule has 3 aromatic rings. The lowest BCUT2D eigenvalue weighted by Gasteiger charge is -2.25. The maximum Gasteiger partial charge on any atom is 0.222 e. The summed E-state index contributed by atoms with van der Waals surface area (Å²) in [6.07, 6.45) is 6.83. The van der Waals surface area contributed by atoms with Gasteiger partial charge in [0.1, 0.15) is 23.8 Å². The van der Waals surface area contributed by atoms with E-state index >= 15 is 0 Å². The number of aryl methyl sites for hydroxylation is 1. The Hall–Kier alpha value is -3.31. The molecule has 1 saturated carbocycles. The van der Waals surface area contributed by atoms with Crippen LogP contribution in [0.5, 0.6) is 17.4 Å². The molecule has 4 rings (SSSR count). The minimum absolute atomic E-state index is 0.196. The molecule has 0 amide bonds. The van der Waals surface area contributed by atoms with E-state index in [9.17, 15) is 5.11 Å². The molecule has 0 aliphatic heterocycles. The molecule has 2 aromatic carbocycles. The summed E-state index contributed by atoms with van der Waals surface area (Å²) in [7, 11) is 3.53. The second-order valence-corrected chi connectivity index (χ2v) is 8.43. The average molecular weight is 462 g/mol. The van der Waals surface area contributed by atoms with Crippen LogP contribution in [0, 0.1) is 12.3 Å². The van der Waals surface area contributed by atoms with Gasteiger partial charge < -0.3 is 19.3 Å². The Morgan fingerprint density at radius 3 is 2.50 bits per heavy atom. The molecule has 34 heavy (non-hydrogen) atoms. The highest BCUT2D eigenvalue weighted by Crippen LogP contribution is 2.37. The fourth-order valence-corrected chi connectivity index (χ4v) is 3.97. The van der Waals surface area contributed by atoms with Crippen LogP contribution in [-0.4, -0.2) is 58.8 Å². The first-order valence-corrected chi connectivity index (χ1v) is 11.5. The van der Waals surface area contributed by atoms with E-state index in [2.05, 4.69) is 10.8 Å². The van der Waals surface area contributed by atoms with E-state index in [4.69, 9.17) is 25.7 Å². The number of ether oxygens (including phenoxy) is 3. The zero-order valence-electron chi connectivity index (χ0n) is 19.7. The molecule has 1 aliphatic carbocycles. The molecular weight excluding hydrogens is 430 g/mol. The van der Waals surface area contributed by atoms with Crippen molar-refractivity contribution < 1.29 is 19.3 Å². The number of methoxy groups -OCH3 is 1. The zero-order chi connectivity index (χ0) is 23.9. The van der Waals surface area contributed by atoms with Gasteiger partial charge in [-0.25, -0.2) is 4.68 Å². The molecule has 1 atom stereocenters. The SMILES string of the molecule is C#CCOC[C@H](O)CN(Cc1c(-c2ccccc2)nn(C)c1Oc1ccc(OC)cc1)C1CC1. The van der Waals surface area contributed by atoms with E-state index in [-0.39, 0.29) is 13.2 Å². The van der Waals surface area contributed by atoms with Crippen LogP contribution in [0.4, 0.5) is 0 Å². The minimum atomic E-state index is -0.628. The van der Waals surface area contributed by atoms with Crippen molar-refractivity contribution in [1.29, 1.82) is 0 Å². The second-order valence-electron chi connectivity index (χ2n) is 8.43. The van der Waals surface area contributed by atoms with Crippen molar-refractivity contribution >= 4 is 0 Å². The van der Waals surface area contributed by atoms with Gasteiger partial charge >= 0.3 is 0 Å². The maximum absolute atomic E-state index is 10.5. The number of terminal acetylenes is 1. The summed E-state index contributed by atoms with van der Waals surface area (Å²) in [5.74, 6) is 4.58. The maximum atomic E-state index is 10.5. The monoisotopic (exact) mass is 461 g/mol. The van der Waals surface area contributed by atoms with Crippen LogP contribution in [0.15, 0.2) is 54.6 Å². The fourth-order valence-electron chi connectivity index (χ4n) is 3.97. The molecule has 0 bridgehead atoms. The standard InChI is InChI=1S/C27H31N3O4/c1-4-16-33-19-22(31)17-30(21-10-11-21)18-25-26(20-8-6-5-7-9-20)28-29(2)27(25)34-24-14-12-23(32-3)13-15-24/h1,5-9,12-15,21-22,31H,10-11,16-19H2,2-3H3/t22-/m1/s1. The number of rotatable bonds is 12. The van der Waals surface area contributed by atoms with Crippen molar-refractivity contribution in [3.63, 3.8) is 0 Å². The first-order chi connectivity index (χ1) is 16.6. The van der Waals surface area contributed by atoms with Crippen LogP contribution >= 0.6 is 0 Å². The summed E-state index contributed by atoms with van der Waals surface area (Å²) in [6.45, 7) is 1.49. The average Bonchev–Trinajstić information content (AvgIpc) is 3.66. The molecule has 0 unspecified atom stereocenters. The minimum Gasteiger partial charge on any atom is -0.497 e. The molecule has 0 saturated heterocycles. The lowest BCUT2D eigenvalue weighted by molar-refractivity contribution is 0.0241. The van der Waals surface area contributed by atoms with E-state index < -0.39 is 6.10 Å². The van der Waals surface area contributed by atoms with Gasteiger partial charge in [0.2, 0.25) is 5.88 Å². The zero-order valence-corrected chi connectivity index (χ0v) is 19.7. The lowest BCUT2D eigenvalue weighted by Crippen LogP contribution is -2.36. The van der Waals surface area contributed by atoms with Crippen molar-refractivity contribution in [2.75, 3.05) is 26.9 Å². The van der Waals surface area contributed by atoms with Crippen LogP contribution in [-0.2, 0) is 18.3 Å². The quantitative estimate of drug-likeness (QED) is 0.326. The van der Waals surface area contributed by atoms with Crippen LogP contribution in [0.1, 0.15) is 18.4 Å². The van der Waals surface area contributed by atoms with Gasteiger partial charge in [0.25, 0.3) is 0 Å². The van der Waals surface area contributed by atoms with Crippen LogP contribution in [0.25, 0.3) is 11.3 Å². The Morgan fingerprint density at radius 2 is 1.85 bits per heavy atom. The van der Waals surface area contributed by atoms with Gasteiger partial charge in [-0.1, -0.05) is 36.3 Å². The number of aliphatic hydroxyl groups is 1. The molecule has 7 nitrogen and oxygen atoms in total. The van der Waals surface area contributed by atoms with Crippen LogP contribution in [0.3, 0.4) is 0 Å². The predicted molar refractivity (Wildman–Crippen MR) is 131 cm³/mol. The number of aromatic nitrogens is 2. The molecule has 178 valence electrons. The second kappa shape index (κ2) is 11.2. The summed E-state index contributed by atoms with van der Waals surface area (Å²) in [5.41, 5.74) is 2.87. The highest BCUT2D eigenvalue weighted by molar-refractivity contribution is 5.65. The van der Waals surface area contributed by atoms with Gasteiger partial charge in [-0.2, -0.15) is 5.10 Å². The molecule has 0 radical (unpaired) electrons. The van der Waals surface area contributed by atoms with E-state index in [1.807, 2.05) is 61.6 Å². The molecule has 1 aromatic heterocycles. The molecule has 0 spiro atoms. The number of hydrogen-bond donors (Lipinski definition) is 1. The Bertz CT molecular complexity index is 1100. The Morgan fingerprint density at radius 1 is 1.15 bits per heavy atom. The summed E-state index contributed by atoms with van der Waals surface area (Å²) in [6, 6.07) is 18.0. The highest BCUT2D eigenvalue weighted by atomic mass is 16.5. The van der Waals surface area contributed by atoms with Crippen molar-refractivity contribution in [2.45, 2.75) is 31.5 Å². The van der Waals surface area contributed by atoms with Crippen LogP contribution < -0.4 is 9.47 Å². The van der Waals surface area contributed by atoms with Gasteiger partial charge in [-0.05, 0) is 37.1 Å². The third-order valence-corrected chi connectivity index (χ3v) is 5.77. The summed E-state index contributed by atoms with van der Waals surface area (Å²) >= 11 is 0. The largest absolute Gasteiger partial charge is 0.497 e. The number of benzene rings is 2. The topological polar surface area (TPSA) is 69.0 Å².